The molecule has 1 aromatic carbocycles. The third-order valence-electron chi connectivity index (χ3n) is 5.52. The van der Waals surface area contributed by atoms with E-state index in [4.69, 9.17) is 0 Å². The van der Waals surface area contributed by atoms with E-state index in [1.165, 1.54) is 30.4 Å². The third-order valence-corrected chi connectivity index (χ3v) is 5.52. The van der Waals surface area contributed by atoms with Gasteiger partial charge in [0.2, 0.25) is 11.8 Å². The summed E-state index contributed by atoms with van der Waals surface area (Å²) in [7, 11) is 0. The molecular formula is C22H30N2O2. The molecule has 4 nitrogen and oxygen atoms in total. The second-order valence-corrected chi connectivity index (χ2v) is 7.86. The molecule has 1 aliphatic carbocycles. The fourth-order valence-electron chi connectivity index (χ4n) is 3.77. The van der Waals surface area contributed by atoms with Gasteiger partial charge in [-0.25, -0.2) is 0 Å². The zero-order chi connectivity index (χ0) is 18.5. The second kappa shape index (κ2) is 8.52. The van der Waals surface area contributed by atoms with Gasteiger partial charge in [0.05, 0.1) is 5.92 Å². The molecule has 0 radical (unpaired) electrons. The highest BCUT2D eigenvalue weighted by Gasteiger charge is 2.34. The van der Waals surface area contributed by atoms with Gasteiger partial charge < -0.3 is 10.2 Å². The predicted molar refractivity (Wildman–Crippen MR) is 105 cm³/mol. The van der Waals surface area contributed by atoms with Crippen molar-refractivity contribution in [3.05, 3.63) is 41.5 Å². The highest BCUT2D eigenvalue weighted by atomic mass is 16.2. The summed E-state index contributed by atoms with van der Waals surface area (Å²) in [5.41, 5.74) is 3.53. The van der Waals surface area contributed by atoms with E-state index in [-0.39, 0.29) is 17.7 Å². The lowest BCUT2D eigenvalue weighted by atomic mass is 9.97. The highest BCUT2D eigenvalue weighted by molar-refractivity contribution is 5.97. The van der Waals surface area contributed by atoms with Gasteiger partial charge in [-0.2, -0.15) is 0 Å². The monoisotopic (exact) mass is 354 g/mol. The van der Waals surface area contributed by atoms with E-state index >= 15 is 0 Å². The zero-order valence-electron chi connectivity index (χ0n) is 16.0. The van der Waals surface area contributed by atoms with Gasteiger partial charge in [-0.3, -0.25) is 9.59 Å². The molecule has 1 atom stereocenters. The number of carbonyl (C=O) groups is 2. The van der Waals surface area contributed by atoms with Crippen molar-refractivity contribution < 1.29 is 9.59 Å². The highest BCUT2D eigenvalue weighted by Crippen LogP contribution is 2.24. The predicted octanol–water partition coefficient (Wildman–Crippen LogP) is 4.49. The van der Waals surface area contributed by atoms with Crippen LogP contribution in [0.25, 0.3) is 0 Å². The van der Waals surface area contributed by atoms with Crippen LogP contribution in [0.2, 0.25) is 0 Å². The SMILES string of the molecule is CC(C)c1ccc(NC(=O)C2CC(=O)N(CCC3=CCCCC3)C2)cc1. The first-order valence-corrected chi connectivity index (χ1v) is 9.89. The molecule has 1 fully saturated rings. The molecule has 2 amide bonds. The molecule has 140 valence electrons. The van der Waals surface area contributed by atoms with Crippen LogP contribution < -0.4 is 5.32 Å². The Kier molecular flexibility index (Phi) is 6.12. The van der Waals surface area contributed by atoms with Crippen LogP contribution in [-0.4, -0.2) is 29.8 Å². The summed E-state index contributed by atoms with van der Waals surface area (Å²) >= 11 is 0. The van der Waals surface area contributed by atoms with Crippen LogP contribution in [0.5, 0.6) is 0 Å². The van der Waals surface area contributed by atoms with Gasteiger partial charge in [0.15, 0.2) is 0 Å². The molecule has 1 heterocycles. The van der Waals surface area contributed by atoms with Crippen LogP contribution in [0.4, 0.5) is 5.69 Å². The summed E-state index contributed by atoms with van der Waals surface area (Å²) in [4.78, 5) is 26.7. The molecule has 26 heavy (non-hydrogen) atoms. The molecule has 0 bridgehead atoms. The normalized spacial score (nSPS) is 20.4. The number of nitrogens with one attached hydrogen (secondary N) is 1. The van der Waals surface area contributed by atoms with E-state index in [0.717, 1.165) is 25.1 Å². The van der Waals surface area contributed by atoms with Crippen molar-refractivity contribution in [3.63, 3.8) is 0 Å². The fraction of sp³-hybridized carbons (Fsp3) is 0.545. The lowest BCUT2D eigenvalue weighted by Gasteiger charge is -2.19. The quantitative estimate of drug-likeness (QED) is 0.765. The van der Waals surface area contributed by atoms with E-state index in [0.29, 0.717) is 18.9 Å². The lowest BCUT2D eigenvalue weighted by Crippen LogP contribution is -2.29. The first-order chi connectivity index (χ1) is 12.5. The van der Waals surface area contributed by atoms with E-state index in [2.05, 4.69) is 25.2 Å². The van der Waals surface area contributed by atoms with Gasteiger partial charge in [-0.05, 0) is 55.7 Å². The number of likely N-dealkylation sites (tertiary alicyclic amines) is 1. The van der Waals surface area contributed by atoms with Crippen LogP contribution in [0, 0.1) is 5.92 Å². The molecule has 4 heteroatoms. The van der Waals surface area contributed by atoms with E-state index in [9.17, 15) is 9.59 Å². The number of rotatable bonds is 6. The minimum atomic E-state index is -0.243. The smallest absolute Gasteiger partial charge is 0.229 e. The number of anilines is 1. The Bertz CT molecular complexity index is 676. The summed E-state index contributed by atoms with van der Waals surface area (Å²) in [5, 5.41) is 2.97. The molecule has 1 saturated heterocycles. The molecule has 1 unspecified atom stereocenters. The Morgan fingerprint density at radius 3 is 2.65 bits per heavy atom. The van der Waals surface area contributed by atoms with Gasteiger partial charge in [0.1, 0.15) is 0 Å². The van der Waals surface area contributed by atoms with E-state index < -0.39 is 0 Å². The van der Waals surface area contributed by atoms with Crippen LogP contribution >= 0.6 is 0 Å². The second-order valence-electron chi connectivity index (χ2n) is 7.86. The third kappa shape index (κ3) is 4.75. The molecule has 2 aliphatic rings. The Labute approximate surface area is 156 Å². The van der Waals surface area contributed by atoms with Gasteiger partial charge in [-0.1, -0.05) is 37.6 Å². The number of amides is 2. The van der Waals surface area contributed by atoms with Crippen LogP contribution in [0.1, 0.15) is 63.9 Å². The van der Waals surface area contributed by atoms with Crippen molar-refractivity contribution in [1.29, 1.82) is 0 Å². The van der Waals surface area contributed by atoms with Crippen molar-refractivity contribution in [1.82, 2.24) is 4.90 Å². The minimum absolute atomic E-state index is 0.0463. The molecule has 0 saturated carbocycles. The Morgan fingerprint density at radius 1 is 1.23 bits per heavy atom. The summed E-state index contributed by atoms with van der Waals surface area (Å²) < 4.78 is 0. The van der Waals surface area contributed by atoms with Crippen molar-refractivity contribution in [2.75, 3.05) is 18.4 Å². The summed E-state index contributed by atoms with van der Waals surface area (Å²) in [6.07, 6.45) is 8.50. The molecular weight excluding hydrogens is 324 g/mol. The zero-order valence-corrected chi connectivity index (χ0v) is 16.0. The number of allylic oxidation sites excluding steroid dienone is 1. The number of carbonyl (C=O) groups excluding carboxylic acids is 2. The summed E-state index contributed by atoms with van der Waals surface area (Å²) in [5.74, 6) is 0.291. The lowest BCUT2D eigenvalue weighted by molar-refractivity contribution is -0.128. The van der Waals surface area contributed by atoms with Crippen LogP contribution in [0.15, 0.2) is 35.9 Å². The van der Waals surface area contributed by atoms with Crippen molar-refractivity contribution in [3.8, 4) is 0 Å². The number of hydrogen-bond acceptors (Lipinski definition) is 2. The maximum Gasteiger partial charge on any atom is 0.229 e. The Morgan fingerprint density at radius 2 is 2.00 bits per heavy atom. The molecule has 3 rings (SSSR count). The maximum absolute atomic E-state index is 12.5. The maximum atomic E-state index is 12.5. The largest absolute Gasteiger partial charge is 0.342 e. The Balaban J connectivity index is 1.50. The standard InChI is InChI=1S/C22H30N2O2/c1-16(2)18-8-10-20(11-9-18)23-22(26)19-14-21(25)24(15-19)13-12-17-6-4-3-5-7-17/h6,8-11,16,19H,3-5,7,12-15H2,1-2H3,(H,23,26). The van der Waals surface area contributed by atoms with E-state index in [1.54, 1.807) is 0 Å². The molecule has 1 aromatic rings. The van der Waals surface area contributed by atoms with Gasteiger partial charge in [-0.15, -0.1) is 0 Å². The van der Waals surface area contributed by atoms with Crippen LogP contribution in [0.3, 0.4) is 0 Å². The molecule has 1 N–H and O–H groups in total. The van der Waals surface area contributed by atoms with Gasteiger partial charge in [0, 0.05) is 25.2 Å². The first kappa shape index (κ1) is 18.7. The Hall–Kier alpha value is -2.10. The molecule has 0 aromatic heterocycles. The molecule has 1 aliphatic heterocycles. The van der Waals surface area contributed by atoms with E-state index in [1.807, 2.05) is 29.2 Å². The van der Waals surface area contributed by atoms with Crippen LogP contribution in [-0.2, 0) is 9.59 Å². The van der Waals surface area contributed by atoms with Crippen molar-refractivity contribution >= 4 is 17.5 Å². The topological polar surface area (TPSA) is 49.4 Å². The van der Waals surface area contributed by atoms with Gasteiger partial charge in [0.25, 0.3) is 0 Å². The molecule has 0 spiro atoms. The first-order valence-electron chi connectivity index (χ1n) is 9.89. The number of benzene rings is 1. The number of nitrogens with zero attached hydrogens (tertiary/aromatic N) is 1. The average Bonchev–Trinajstić information content (AvgIpc) is 3.02. The number of hydrogen-bond donors (Lipinski definition) is 1. The van der Waals surface area contributed by atoms with Crippen molar-refractivity contribution in [2.45, 2.75) is 58.3 Å². The summed E-state index contributed by atoms with van der Waals surface area (Å²) in [6, 6.07) is 7.98. The minimum Gasteiger partial charge on any atom is -0.342 e. The van der Waals surface area contributed by atoms with Crippen molar-refractivity contribution in [2.24, 2.45) is 5.92 Å². The summed E-state index contributed by atoms with van der Waals surface area (Å²) in [6.45, 7) is 5.59. The average molecular weight is 354 g/mol. The fourth-order valence-corrected chi connectivity index (χ4v) is 3.77. The van der Waals surface area contributed by atoms with Gasteiger partial charge >= 0.3 is 0 Å².